The van der Waals surface area contributed by atoms with Crippen LogP contribution in [0.25, 0.3) is 0 Å². The quantitative estimate of drug-likeness (QED) is 0.365. The van der Waals surface area contributed by atoms with Crippen LogP contribution in [0.1, 0.15) is 6.42 Å². The molecule has 0 aromatic heterocycles. The van der Waals surface area contributed by atoms with Gasteiger partial charge in [0.2, 0.25) is 0 Å². The van der Waals surface area contributed by atoms with Crippen molar-refractivity contribution < 1.29 is 0 Å². The molecule has 0 aromatic rings. The van der Waals surface area contributed by atoms with Crippen molar-refractivity contribution in [1.82, 2.24) is 0 Å². The van der Waals surface area contributed by atoms with E-state index < -0.39 is 0 Å². The van der Waals surface area contributed by atoms with Crippen molar-refractivity contribution in [3.63, 3.8) is 0 Å². The molecule has 0 fully saturated rings. The van der Waals surface area contributed by atoms with Gasteiger partial charge in [0.15, 0.2) is 0 Å². The summed E-state index contributed by atoms with van der Waals surface area (Å²) in [5, 5.41) is 0. The Morgan fingerprint density at radius 1 is 1.57 bits per heavy atom. The summed E-state index contributed by atoms with van der Waals surface area (Å²) in [7, 11) is 0. The highest BCUT2D eigenvalue weighted by Crippen LogP contribution is 1.77. The molecule has 7 heavy (non-hydrogen) atoms. The molecule has 0 heterocycles. The molecule has 0 unspecified atom stereocenters. The van der Waals surface area contributed by atoms with Crippen molar-refractivity contribution in [3.05, 3.63) is 0 Å². The molecule has 0 saturated heterocycles. The average molecular weight is 101 g/mol. The van der Waals surface area contributed by atoms with Crippen LogP contribution in [0.2, 0.25) is 0 Å². The molecule has 0 atom stereocenters. The number of nitrogens with zero attached hydrogens (tertiary/aromatic N) is 1. The summed E-state index contributed by atoms with van der Waals surface area (Å²) in [5.41, 5.74) is 10.3. The zero-order chi connectivity index (χ0) is 5.70. The van der Waals surface area contributed by atoms with Crippen LogP contribution in [0.15, 0.2) is 4.99 Å². The minimum atomic E-state index is -0.231. The lowest BCUT2D eigenvalue weighted by Crippen LogP contribution is -2.30. The van der Waals surface area contributed by atoms with Gasteiger partial charge in [-0.15, -0.1) is 0 Å². The van der Waals surface area contributed by atoms with Crippen molar-refractivity contribution in [1.29, 1.82) is 0 Å². The first kappa shape index (κ1) is 6.59. The Hall–Kier alpha value is -0.410. The third-order valence-electron chi connectivity index (χ3n) is 0.621. The molecule has 3 nitrogen and oxygen atoms in total. The summed E-state index contributed by atoms with van der Waals surface area (Å²) < 4.78 is 0. The number of hydrogen-bond acceptors (Lipinski definition) is 3. The smallest absolute Gasteiger partial charge is 0.0538 e. The van der Waals surface area contributed by atoms with E-state index in [4.69, 9.17) is 11.5 Å². The van der Waals surface area contributed by atoms with Crippen molar-refractivity contribution in [2.24, 2.45) is 16.5 Å². The van der Waals surface area contributed by atoms with Crippen LogP contribution in [0.3, 0.4) is 0 Å². The zero-order valence-corrected chi connectivity index (χ0v) is 4.30. The summed E-state index contributed by atoms with van der Waals surface area (Å²) in [6.07, 6.45) is 0.495. The minimum Gasteiger partial charge on any atom is -0.316 e. The predicted octanol–water partition coefficient (Wildman–Crippen LogP) is -0.679. The average Bonchev–Trinajstić information content (AvgIpc) is 1.61. The van der Waals surface area contributed by atoms with Crippen molar-refractivity contribution in [2.45, 2.75) is 12.6 Å². The van der Waals surface area contributed by atoms with Gasteiger partial charge in [-0.05, 0) is 13.1 Å². The Bertz CT molecular complexity index is 50.9. The van der Waals surface area contributed by atoms with Crippen molar-refractivity contribution in [2.75, 3.05) is 6.54 Å². The molecular weight excluding hydrogens is 90.1 g/mol. The van der Waals surface area contributed by atoms with Crippen LogP contribution in [-0.2, 0) is 0 Å². The maximum absolute atomic E-state index is 5.17. The first-order valence-corrected chi connectivity index (χ1v) is 2.21. The molecule has 0 radical (unpaired) electrons. The highest BCUT2D eigenvalue weighted by molar-refractivity contribution is 5.23. The predicted molar refractivity (Wildman–Crippen MR) is 31.2 cm³/mol. The van der Waals surface area contributed by atoms with Gasteiger partial charge in [-0.25, -0.2) is 0 Å². The van der Waals surface area contributed by atoms with E-state index in [-0.39, 0.29) is 6.17 Å². The Balaban J connectivity index is 2.81. The van der Waals surface area contributed by atoms with Gasteiger partial charge in [-0.1, -0.05) is 0 Å². The molecule has 42 valence electrons. The second kappa shape index (κ2) is 3.77. The number of nitrogens with two attached hydrogens (primary N) is 2. The van der Waals surface area contributed by atoms with Gasteiger partial charge in [0.1, 0.15) is 0 Å². The van der Waals surface area contributed by atoms with Gasteiger partial charge >= 0.3 is 0 Å². The van der Waals surface area contributed by atoms with Gasteiger partial charge in [-0.2, -0.15) is 0 Å². The fourth-order valence-corrected chi connectivity index (χ4v) is 0.240. The summed E-state index contributed by atoms with van der Waals surface area (Å²) in [4.78, 5) is 3.57. The van der Waals surface area contributed by atoms with Gasteiger partial charge in [0.05, 0.1) is 6.17 Å². The Labute approximate surface area is 43.4 Å². The highest BCUT2D eigenvalue weighted by atomic mass is 14.9. The fourth-order valence-electron chi connectivity index (χ4n) is 0.240. The minimum absolute atomic E-state index is 0.231. The summed E-state index contributed by atoms with van der Waals surface area (Å²) >= 11 is 0. The lowest BCUT2D eigenvalue weighted by atomic mass is 10.4. The standard InChI is InChI=1S/C4H11N3/c1-7-3-2-4(5)6/h4H,1-3,5-6H2. The van der Waals surface area contributed by atoms with Crippen LogP contribution >= 0.6 is 0 Å². The zero-order valence-electron chi connectivity index (χ0n) is 4.30. The Morgan fingerprint density at radius 2 is 2.14 bits per heavy atom. The Kier molecular flexibility index (Phi) is 3.55. The molecule has 0 saturated carbocycles. The van der Waals surface area contributed by atoms with Crippen molar-refractivity contribution in [3.8, 4) is 0 Å². The van der Waals surface area contributed by atoms with E-state index in [1.54, 1.807) is 0 Å². The second-order valence-corrected chi connectivity index (χ2v) is 1.40. The Morgan fingerprint density at radius 3 is 2.29 bits per heavy atom. The first-order chi connectivity index (χ1) is 3.27. The van der Waals surface area contributed by atoms with Crippen LogP contribution in [0.4, 0.5) is 0 Å². The molecule has 0 bridgehead atoms. The molecule has 3 heteroatoms. The van der Waals surface area contributed by atoms with Gasteiger partial charge in [0, 0.05) is 6.54 Å². The van der Waals surface area contributed by atoms with E-state index in [1.807, 2.05) is 0 Å². The lowest BCUT2D eigenvalue weighted by Gasteiger charge is -1.98. The second-order valence-electron chi connectivity index (χ2n) is 1.40. The third kappa shape index (κ3) is 5.59. The largest absolute Gasteiger partial charge is 0.316 e. The number of aliphatic imine (C=N–C) groups is 1. The lowest BCUT2D eigenvalue weighted by molar-refractivity contribution is 0.650. The van der Waals surface area contributed by atoms with Gasteiger partial charge < -0.3 is 16.5 Å². The normalized spacial score (nSPS) is 9.57. The van der Waals surface area contributed by atoms with E-state index in [9.17, 15) is 0 Å². The molecule has 0 aliphatic rings. The van der Waals surface area contributed by atoms with E-state index >= 15 is 0 Å². The van der Waals surface area contributed by atoms with Crippen LogP contribution in [0.5, 0.6) is 0 Å². The van der Waals surface area contributed by atoms with E-state index in [0.717, 1.165) is 6.42 Å². The summed E-state index contributed by atoms with van der Waals surface area (Å²) in [5.74, 6) is 0. The number of rotatable bonds is 3. The molecule has 0 spiro atoms. The van der Waals surface area contributed by atoms with Crippen molar-refractivity contribution >= 4 is 6.72 Å². The molecule has 0 aliphatic carbocycles. The van der Waals surface area contributed by atoms with E-state index in [1.165, 1.54) is 0 Å². The maximum atomic E-state index is 5.17. The molecule has 4 N–H and O–H groups in total. The molecule has 0 amide bonds. The summed E-state index contributed by atoms with van der Waals surface area (Å²) in [6, 6.07) is 0. The fraction of sp³-hybridized carbons (Fsp3) is 0.750. The number of hydrogen-bond donors (Lipinski definition) is 2. The van der Waals surface area contributed by atoms with Crippen LogP contribution in [0, 0.1) is 0 Å². The molecule has 0 aliphatic heterocycles. The molecular formula is C4H11N3. The van der Waals surface area contributed by atoms with E-state index in [0.29, 0.717) is 6.54 Å². The van der Waals surface area contributed by atoms with Gasteiger partial charge in [0.25, 0.3) is 0 Å². The molecule has 0 aromatic carbocycles. The third-order valence-corrected chi connectivity index (χ3v) is 0.621. The monoisotopic (exact) mass is 101 g/mol. The molecule has 0 rings (SSSR count). The summed E-state index contributed by atoms with van der Waals surface area (Å²) in [6.45, 7) is 3.94. The topological polar surface area (TPSA) is 64.4 Å². The van der Waals surface area contributed by atoms with Crippen LogP contribution < -0.4 is 11.5 Å². The van der Waals surface area contributed by atoms with Gasteiger partial charge in [-0.3, -0.25) is 0 Å². The van der Waals surface area contributed by atoms with E-state index in [2.05, 4.69) is 11.7 Å². The first-order valence-electron chi connectivity index (χ1n) is 2.21. The maximum Gasteiger partial charge on any atom is 0.0538 e. The highest BCUT2D eigenvalue weighted by Gasteiger charge is 1.87. The SMILES string of the molecule is C=NCCC(N)N. The van der Waals surface area contributed by atoms with Crippen LogP contribution in [-0.4, -0.2) is 19.4 Å².